The number of carbonyl (C=O) groups is 1. The normalized spacial score (nSPS) is 49.3. The number of hydrogen-bond acceptors (Lipinski definition) is 3. The van der Waals surface area contributed by atoms with Crippen LogP contribution in [-0.2, 0) is 4.74 Å². The average Bonchev–Trinajstić information content (AvgIpc) is 2.69. The summed E-state index contributed by atoms with van der Waals surface area (Å²) >= 11 is 0. The molecule has 5 atom stereocenters. The van der Waals surface area contributed by atoms with Gasteiger partial charge in [-0.05, 0) is 37.0 Å². The molecule has 78 valence electrons. The largest absolute Gasteiger partial charge is 0.507 e. The molecule has 2 saturated carbocycles. The van der Waals surface area contributed by atoms with E-state index >= 15 is 0 Å². The Bertz CT molecular complexity index is 250. The van der Waals surface area contributed by atoms with Gasteiger partial charge in [0.15, 0.2) is 6.23 Å². The van der Waals surface area contributed by atoms with Crippen LogP contribution in [0.25, 0.3) is 0 Å². The molecule has 0 aromatic rings. The van der Waals surface area contributed by atoms with E-state index in [1.165, 1.54) is 19.3 Å². The Morgan fingerprint density at radius 2 is 2.07 bits per heavy atom. The van der Waals surface area contributed by atoms with Crippen molar-refractivity contribution in [1.29, 1.82) is 0 Å². The van der Waals surface area contributed by atoms with Gasteiger partial charge in [-0.25, -0.2) is 4.79 Å². The molecule has 14 heavy (non-hydrogen) atoms. The third kappa shape index (κ3) is 1.13. The first-order chi connectivity index (χ1) is 6.74. The molecule has 1 saturated heterocycles. The molecule has 2 N–H and O–H groups in total. The molecule has 2 aliphatic carbocycles. The first-order valence-corrected chi connectivity index (χ1v) is 5.39. The number of carboxylic acid groups (broad SMARTS) is 1. The number of ether oxygens (including phenoxy) is 1. The average molecular weight is 197 g/mol. The predicted octanol–water partition coefficient (Wildman–Crippen LogP) is 1.42. The molecule has 3 rings (SSSR count). The van der Waals surface area contributed by atoms with Crippen LogP contribution < -0.4 is 5.32 Å². The maximum Gasteiger partial charge on any atom is 0.507 e. The predicted molar refractivity (Wildman–Crippen MR) is 48.8 cm³/mol. The van der Waals surface area contributed by atoms with Gasteiger partial charge in [-0.3, -0.25) is 5.32 Å². The molecule has 1 aliphatic heterocycles. The second-order valence-electron chi connectivity index (χ2n) is 4.80. The van der Waals surface area contributed by atoms with E-state index in [0.29, 0.717) is 12.0 Å². The lowest BCUT2D eigenvalue weighted by Crippen LogP contribution is -2.37. The molecular weight excluding hydrogens is 182 g/mol. The summed E-state index contributed by atoms with van der Waals surface area (Å²) in [6.45, 7) is 0. The maximum absolute atomic E-state index is 10.4. The molecule has 3 aliphatic rings. The van der Waals surface area contributed by atoms with Gasteiger partial charge in [0, 0.05) is 12.5 Å². The Kier molecular flexibility index (Phi) is 1.74. The van der Waals surface area contributed by atoms with Crippen LogP contribution in [0.1, 0.15) is 25.7 Å². The van der Waals surface area contributed by atoms with Crippen LogP contribution in [-0.4, -0.2) is 23.5 Å². The van der Waals surface area contributed by atoms with Gasteiger partial charge in [0.1, 0.15) is 0 Å². The number of rotatable bonds is 1. The fraction of sp³-hybridized carbons (Fsp3) is 0.900. The lowest BCUT2D eigenvalue weighted by atomic mass is 9.85. The highest BCUT2D eigenvalue weighted by Crippen LogP contribution is 2.52. The lowest BCUT2D eigenvalue weighted by Gasteiger charge is -2.23. The first-order valence-electron chi connectivity index (χ1n) is 5.39. The quantitative estimate of drug-likeness (QED) is 0.624. The molecule has 1 unspecified atom stereocenters. The topological polar surface area (TPSA) is 58.6 Å². The van der Waals surface area contributed by atoms with Gasteiger partial charge >= 0.3 is 6.16 Å². The molecule has 2 bridgehead atoms. The summed E-state index contributed by atoms with van der Waals surface area (Å²) < 4.78 is 4.78. The second kappa shape index (κ2) is 2.86. The molecule has 0 aromatic carbocycles. The van der Waals surface area contributed by atoms with Crippen molar-refractivity contribution < 1.29 is 14.6 Å². The maximum atomic E-state index is 10.4. The van der Waals surface area contributed by atoms with Crippen LogP contribution in [0.15, 0.2) is 0 Å². The third-order valence-corrected chi connectivity index (χ3v) is 4.20. The molecular formula is C10H15NO3. The minimum Gasteiger partial charge on any atom is -0.450 e. The van der Waals surface area contributed by atoms with Crippen molar-refractivity contribution in [3.05, 3.63) is 0 Å². The fourth-order valence-electron chi connectivity index (χ4n) is 3.74. The van der Waals surface area contributed by atoms with Crippen LogP contribution in [0.4, 0.5) is 4.79 Å². The summed E-state index contributed by atoms with van der Waals surface area (Å²) in [5.74, 6) is 2.30. The van der Waals surface area contributed by atoms with Crippen LogP contribution in [0.2, 0.25) is 0 Å². The van der Waals surface area contributed by atoms with Crippen molar-refractivity contribution in [3.8, 4) is 0 Å². The number of hydrogen-bond donors (Lipinski definition) is 2. The van der Waals surface area contributed by atoms with Crippen LogP contribution in [0, 0.1) is 17.8 Å². The third-order valence-electron chi connectivity index (χ3n) is 4.20. The standard InChI is InChI=1S/C10H15NO3/c12-10(13)14-8-4-7-5-1-2-6(3-5)9(7)11-8/h5-9,11H,1-4H2,(H,12,13)/t5-,6?,7-,8-,9+/m1/s1. The lowest BCUT2D eigenvalue weighted by molar-refractivity contribution is 0.0406. The number of fused-ring (bicyclic) bond motifs is 5. The van der Waals surface area contributed by atoms with Gasteiger partial charge in [0.05, 0.1) is 0 Å². The Balaban J connectivity index is 1.68. The van der Waals surface area contributed by atoms with Gasteiger partial charge in [-0.1, -0.05) is 0 Å². The van der Waals surface area contributed by atoms with E-state index in [1.807, 2.05) is 0 Å². The molecule has 1 heterocycles. The SMILES string of the molecule is O=C(O)O[C@@H]1C[C@@H]2[C@@H]3CCC(C3)[C@@H]2N1. The summed E-state index contributed by atoms with van der Waals surface area (Å²) in [5, 5.41) is 11.8. The molecule has 4 nitrogen and oxygen atoms in total. The summed E-state index contributed by atoms with van der Waals surface area (Å²) in [6.07, 6.45) is 3.49. The van der Waals surface area contributed by atoms with Crippen molar-refractivity contribution in [2.45, 2.75) is 38.0 Å². The summed E-state index contributed by atoms with van der Waals surface area (Å²) in [7, 11) is 0. The second-order valence-corrected chi connectivity index (χ2v) is 4.80. The zero-order valence-corrected chi connectivity index (χ0v) is 7.98. The van der Waals surface area contributed by atoms with Crippen molar-refractivity contribution in [3.63, 3.8) is 0 Å². The van der Waals surface area contributed by atoms with Crippen molar-refractivity contribution >= 4 is 6.16 Å². The molecule has 3 fully saturated rings. The van der Waals surface area contributed by atoms with E-state index < -0.39 is 6.16 Å². The Labute approximate surface area is 82.6 Å². The van der Waals surface area contributed by atoms with E-state index in [9.17, 15) is 4.79 Å². The zero-order chi connectivity index (χ0) is 9.71. The summed E-state index contributed by atoms with van der Waals surface area (Å²) in [4.78, 5) is 10.4. The van der Waals surface area contributed by atoms with Gasteiger partial charge in [-0.15, -0.1) is 0 Å². The van der Waals surface area contributed by atoms with Gasteiger partial charge in [-0.2, -0.15) is 0 Å². The summed E-state index contributed by atoms with van der Waals surface area (Å²) in [6, 6.07) is 0.540. The number of nitrogens with one attached hydrogen (secondary N) is 1. The summed E-state index contributed by atoms with van der Waals surface area (Å²) in [5.41, 5.74) is 0. The monoisotopic (exact) mass is 197 g/mol. The van der Waals surface area contributed by atoms with Crippen molar-refractivity contribution in [1.82, 2.24) is 5.32 Å². The molecule has 0 amide bonds. The van der Waals surface area contributed by atoms with Gasteiger partial charge in [0.2, 0.25) is 0 Å². The van der Waals surface area contributed by atoms with Crippen LogP contribution in [0.3, 0.4) is 0 Å². The highest BCUT2D eigenvalue weighted by atomic mass is 16.7. The smallest absolute Gasteiger partial charge is 0.450 e. The highest BCUT2D eigenvalue weighted by Gasteiger charge is 2.52. The van der Waals surface area contributed by atoms with E-state index in [1.54, 1.807) is 0 Å². The van der Waals surface area contributed by atoms with E-state index in [2.05, 4.69) is 5.32 Å². The minimum absolute atomic E-state index is 0.245. The van der Waals surface area contributed by atoms with Crippen LogP contribution in [0.5, 0.6) is 0 Å². The first kappa shape index (κ1) is 8.53. The van der Waals surface area contributed by atoms with E-state index in [-0.39, 0.29) is 6.23 Å². The fourth-order valence-corrected chi connectivity index (χ4v) is 3.74. The van der Waals surface area contributed by atoms with E-state index in [4.69, 9.17) is 9.84 Å². The Morgan fingerprint density at radius 1 is 1.29 bits per heavy atom. The molecule has 0 radical (unpaired) electrons. The molecule has 0 spiro atoms. The van der Waals surface area contributed by atoms with Gasteiger partial charge < -0.3 is 9.84 Å². The molecule has 4 heteroatoms. The van der Waals surface area contributed by atoms with Crippen molar-refractivity contribution in [2.75, 3.05) is 0 Å². The highest BCUT2D eigenvalue weighted by molar-refractivity contribution is 5.57. The minimum atomic E-state index is -1.16. The van der Waals surface area contributed by atoms with E-state index in [0.717, 1.165) is 18.3 Å². The van der Waals surface area contributed by atoms with Gasteiger partial charge in [0.25, 0.3) is 0 Å². The Hall–Kier alpha value is -0.770. The Morgan fingerprint density at radius 3 is 2.79 bits per heavy atom. The zero-order valence-electron chi connectivity index (χ0n) is 7.98. The molecule has 0 aromatic heterocycles. The van der Waals surface area contributed by atoms with Crippen LogP contribution >= 0.6 is 0 Å². The van der Waals surface area contributed by atoms with Crippen molar-refractivity contribution in [2.24, 2.45) is 17.8 Å².